The first-order valence-corrected chi connectivity index (χ1v) is 11.2. The Morgan fingerprint density at radius 3 is 2.50 bits per heavy atom. The van der Waals surface area contributed by atoms with Gasteiger partial charge in [-0.3, -0.25) is 9.88 Å². The Kier molecular flexibility index (Phi) is 6.24. The molecule has 0 aliphatic rings. The minimum atomic E-state index is -0.572. The molecule has 0 saturated heterocycles. The molecule has 0 atom stereocenters. The fourth-order valence-electron chi connectivity index (χ4n) is 3.72. The number of aromatic nitrogens is 4. The van der Waals surface area contributed by atoms with Crippen LogP contribution in [0, 0.1) is 0 Å². The van der Waals surface area contributed by atoms with E-state index >= 15 is 0 Å². The molecule has 0 aliphatic heterocycles. The van der Waals surface area contributed by atoms with E-state index in [9.17, 15) is 9.59 Å². The molecule has 176 valence electrons. The Labute approximate surface area is 198 Å². The standard InChI is InChI=1S/C26H29N5O3/c1-16(2)19-8-6-7-9-20(19)22-27-14-21-23(30-22)31(24(32)29-21)15-17-10-12-18(13-11-17)28-25(33)34-26(3,4)5/h6-14,16H,15H2,1-5H3,(H,28,33)(H,29,32). The van der Waals surface area contributed by atoms with E-state index in [1.54, 1.807) is 22.9 Å². The number of H-pyrrole nitrogens is 1. The Morgan fingerprint density at radius 2 is 1.82 bits per heavy atom. The molecule has 2 aromatic heterocycles. The Balaban J connectivity index is 1.60. The molecule has 0 saturated carbocycles. The number of nitrogens with one attached hydrogen (secondary N) is 2. The highest BCUT2D eigenvalue weighted by molar-refractivity contribution is 5.84. The molecule has 0 aliphatic carbocycles. The van der Waals surface area contributed by atoms with Gasteiger partial charge in [-0.25, -0.2) is 19.6 Å². The van der Waals surface area contributed by atoms with Crippen LogP contribution >= 0.6 is 0 Å². The molecule has 2 heterocycles. The van der Waals surface area contributed by atoms with Gasteiger partial charge in [-0.15, -0.1) is 0 Å². The van der Waals surface area contributed by atoms with Crippen molar-refractivity contribution < 1.29 is 9.53 Å². The van der Waals surface area contributed by atoms with Crippen LogP contribution in [0.15, 0.2) is 59.5 Å². The minimum absolute atomic E-state index is 0.255. The highest BCUT2D eigenvalue weighted by Crippen LogP contribution is 2.27. The molecule has 34 heavy (non-hydrogen) atoms. The molecule has 2 aromatic carbocycles. The zero-order valence-electron chi connectivity index (χ0n) is 20.0. The second kappa shape index (κ2) is 9.13. The summed E-state index contributed by atoms with van der Waals surface area (Å²) in [5.41, 5.74) is 3.91. The van der Waals surface area contributed by atoms with Crippen LogP contribution in [0.3, 0.4) is 0 Å². The molecule has 8 heteroatoms. The second-order valence-corrected chi connectivity index (χ2v) is 9.51. The van der Waals surface area contributed by atoms with Crippen molar-refractivity contribution >= 4 is 22.9 Å². The maximum absolute atomic E-state index is 12.7. The van der Waals surface area contributed by atoms with Crippen LogP contribution in [-0.2, 0) is 11.3 Å². The quantitative estimate of drug-likeness (QED) is 0.421. The topological polar surface area (TPSA) is 102 Å². The van der Waals surface area contributed by atoms with E-state index in [1.165, 1.54) is 0 Å². The summed E-state index contributed by atoms with van der Waals surface area (Å²) in [5, 5.41) is 2.71. The van der Waals surface area contributed by atoms with E-state index in [-0.39, 0.29) is 5.69 Å². The zero-order valence-corrected chi connectivity index (χ0v) is 20.0. The van der Waals surface area contributed by atoms with Crippen LogP contribution < -0.4 is 11.0 Å². The Bertz CT molecular complexity index is 1380. The first kappa shape index (κ1) is 23.2. The van der Waals surface area contributed by atoms with Gasteiger partial charge in [0.25, 0.3) is 0 Å². The first-order valence-electron chi connectivity index (χ1n) is 11.2. The predicted octanol–water partition coefficient (Wildman–Crippen LogP) is 5.31. The molecule has 8 nitrogen and oxygen atoms in total. The van der Waals surface area contributed by atoms with Gasteiger partial charge in [0.05, 0.1) is 12.7 Å². The second-order valence-electron chi connectivity index (χ2n) is 9.51. The van der Waals surface area contributed by atoms with Gasteiger partial charge in [0.1, 0.15) is 11.1 Å². The number of carbonyl (C=O) groups is 1. The molecule has 0 fully saturated rings. The SMILES string of the molecule is CC(C)c1ccccc1-c1ncc2[nH]c(=O)n(Cc3ccc(NC(=O)OC(C)(C)C)cc3)c2n1. The summed E-state index contributed by atoms with van der Waals surface area (Å²) < 4.78 is 6.87. The van der Waals surface area contributed by atoms with Crippen LogP contribution in [0.5, 0.6) is 0 Å². The summed E-state index contributed by atoms with van der Waals surface area (Å²) in [4.78, 5) is 36.7. The fourth-order valence-corrected chi connectivity index (χ4v) is 3.72. The van der Waals surface area contributed by atoms with Gasteiger partial charge in [0, 0.05) is 11.3 Å². The van der Waals surface area contributed by atoms with Crippen molar-refractivity contribution in [3.8, 4) is 11.4 Å². The number of benzene rings is 2. The lowest BCUT2D eigenvalue weighted by Crippen LogP contribution is -2.27. The van der Waals surface area contributed by atoms with Gasteiger partial charge >= 0.3 is 11.8 Å². The number of aromatic amines is 1. The number of fused-ring (bicyclic) bond motifs is 1. The lowest BCUT2D eigenvalue weighted by Gasteiger charge is -2.19. The van der Waals surface area contributed by atoms with Crippen molar-refractivity contribution in [2.45, 2.75) is 52.7 Å². The molecule has 0 radical (unpaired) electrons. The average Bonchev–Trinajstić information content (AvgIpc) is 3.08. The van der Waals surface area contributed by atoms with E-state index in [0.717, 1.165) is 16.7 Å². The van der Waals surface area contributed by atoms with Crippen molar-refractivity contribution in [3.05, 3.63) is 76.3 Å². The summed E-state index contributed by atoms with van der Waals surface area (Å²) in [6, 6.07) is 15.3. The van der Waals surface area contributed by atoms with Gasteiger partial charge < -0.3 is 9.72 Å². The van der Waals surface area contributed by atoms with E-state index in [2.05, 4.69) is 35.2 Å². The molecule has 4 rings (SSSR count). The monoisotopic (exact) mass is 459 g/mol. The summed E-state index contributed by atoms with van der Waals surface area (Å²) in [7, 11) is 0. The van der Waals surface area contributed by atoms with Crippen molar-refractivity contribution in [2.24, 2.45) is 0 Å². The highest BCUT2D eigenvalue weighted by atomic mass is 16.6. The maximum atomic E-state index is 12.7. The molecule has 1 amide bonds. The number of imidazole rings is 1. The largest absolute Gasteiger partial charge is 0.444 e. The first-order chi connectivity index (χ1) is 16.1. The van der Waals surface area contributed by atoms with Crippen molar-refractivity contribution in [1.82, 2.24) is 19.5 Å². The van der Waals surface area contributed by atoms with Crippen LogP contribution in [0.25, 0.3) is 22.6 Å². The van der Waals surface area contributed by atoms with E-state index in [4.69, 9.17) is 9.72 Å². The summed E-state index contributed by atoms with van der Waals surface area (Å²) in [6.45, 7) is 10.0. The summed E-state index contributed by atoms with van der Waals surface area (Å²) in [5.74, 6) is 0.901. The molecule has 0 spiro atoms. The maximum Gasteiger partial charge on any atom is 0.412 e. The van der Waals surface area contributed by atoms with Crippen molar-refractivity contribution in [1.29, 1.82) is 0 Å². The lowest BCUT2D eigenvalue weighted by atomic mass is 9.97. The number of hydrogen-bond acceptors (Lipinski definition) is 5. The number of hydrogen-bond donors (Lipinski definition) is 2. The summed E-state index contributed by atoms with van der Waals surface area (Å²) in [6.07, 6.45) is 1.14. The molecular formula is C26H29N5O3. The number of ether oxygens (including phenoxy) is 1. The zero-order chi connectivity index (χ0) is 24.5. The third-order valence-corrected chi connectivity index (χ3v) is 5.27. The minimum Gasteiger partial charge on any atom is -0.444 e. The van der Waals surface area contributed by atoms with Crippen molar-refractivity contribution in [3.63, 3.8) is 0 Å². The lowest BCUT2D eigenvalue weighted by molar-refractivity contribution is 0.0636. The van der Waals surface area contributed by atoms with Crippen LogP contribution in [0.4, 0.5) is 10.5 Å². The summed E-state index contributed by atoms with van der Waals surface area (Å²) >= 11 is 0. The average molecular weight is 460 g/mol. The number of amides is 1. The molecule has 4 aromatic rings. The van der Waals surface area contributed by atoms with Crippen LogP contribution in [0.1, 0.15) is 51.7 Å². The normalized spacial score (nSPS) is 11.7. The molecule has 0 unspecified atom stereocenters. The highest BCUT2D eigenvalue weighted by Gasteiger charge is 2.17. The number of rotatable bonds is 5. The third kappa shape index (κ3) is 5.17. The van der Waals surface area contributed by atoms with Gasteiger partial charge in [-0.2, -0.15) is 0 Å². The Hall–Kier alpha value is -3.94. The van der Waals surface area contributed by atoms with E-state index in [1.807, 2.05) is 51.1 Å². The number of nitrogens with zero attached hydrogens (tertiary/aromatic N) is 3. The molecular weight excluding hydrogens is 430 g/mol. The number of carbonyl (C=O) groups excluding carboxylic acids is 1. The molecule has 2 N–H and O–H groups in total. The van der Waals surface area contributed by atoms with Gasteiger partial charge in [-0.05, 0) is 49.9 Å². The van der Waals surface area contributed by atoms with Gasteiger partial charge in [0.2, 0.25) is 0 Å². The molecule has 0 bridgehead atoms. The third-order valence-electron chi connectivity index (χ3n) is 5.27. The van der Waals surface area contributed by atoms with Gasteiger partial charge in [-0.1, -0.05) is 50.2 Å². The number of anilines is 1. The predicted molar refractivity (Wildman–Crippen MR) is 133 cm³/mol. The van der Waals surface area contributed by atoms with E-state index in [0.29, 0.717) is 35.1 Å². The van der Waals surface area contributed by atoms with E-state index < -0.39 is 11.7 Å². The van der Waals surface area contributed by atoms with Gasteiger partial charge in [0.15, 0.2) is 11.5 Å². The Morgan fingerprint density at radius 1 is 1.12 bits per heavy atom. The smallest absolute Gasteiger partial charge is 0.412 e. The van der Waals surface area contributed by atoms with Crippen LogP contribution in [0.2, 0.25) is 0 Å². The fraction of sp³-hybridized carbons (Fsp3) is 0.308. The van der Waals surface area contributed by atoms with Crippen molar-refractivity contribution in [2.75, 3.05) is 5.32 Å². The van der Waals surface area contributed by atoms with Crippen LogP contribution in [-0.4, -0.2) is 31.2 Å².